The third kappa shape index (κ3) is 6.49. The van der Waals surface area contributed by atoms with E-state index in [-0.39, 0.29) is 42.1 Å². The molecule has 3 aromatic rings. The number of aliphatic hydroxyl groups is 1. The van der Waals surface area contributed by atoms with Crippen molar-refractivity contribution in [3.05, 3.63) is 40.7 Å². The number of fused-ring (bicyclic) bond motifs is 1. The van der Waals surface area contributed by atoms with E-state index in [1.165, 1.54) is 17.1 Å². The van der Waals surface area contributed by atoms with E-state index in [4.69, 9.17) is 27.0 Å². The maximum absolute atomic E-state index is 11.4. The van der Waals surface area contributed by atoms with Crippen molar-refractivity contribution in [1.29, 1.82) is 0 Å². The molecule has 3 heterocycles. The van der Waals surface area contributed by atoms with Crippen LogP contribution >= 0.6 is 12.2 Å². The molecule has 0 unspecified atom stereocenters. The summed E-state index contributed by atoms with van der Waals surface area (Å²) in [5.74, 6) is 0.0291. The number of anilines is 2. The number of nitrogens with zero attached hydrogens (tertiary/aromatic N) is 5. The van der Waals surface area contributed by atoms with Gasteiger partial charge in [0.05, 0.1) is 31.4 Å². The Bertz CT molecular complexity index is 1050. The zero-order valence-corrected chi connectivity index (χ0v) is 16.0. The van der Waals surface area contributed by atoms with Crippen LogP contribution in [0.25, 0.3) is 11.2 Å². The van der Waals surface area contributed by atoms with E-state index in [0.29, 0.717) is 17.0 Å². The number of ether oxygens (including phenoxy) is 1. The molecule has 13 nitrogen and oxygen atoms in total. The Balaban J connectivity index is 0.000000212. The first-order chi connectivity index (χ1) is 13.9. The molecule has 0 saturated carbocycles. The molecule has 0 bridgehead atoms. The fraction of sp³-hybridized carbons (Fsp3) is 0.200. The first-order valence-corrected chi connectivity index (χ1v) is 8.51. The number of hydrogen-bond acceptors (Lipinski definition) is 10. The molecule has 14 heteroatoms. The van der Waals surface area contributed by atoms with Crippen LogP contribution in [0.1, 0.15) is 5.69 Å². The third-order valence-electron chi connectivity index (χ3n) is 3.19. The maximum Gasteiger partial charge on any atom is 0.280 e. The highest BCUT2D eigenvalue weighted by Crippen LogP contribution is 2.06. The quantitative estimate of drug-likeness (QED) is 0.117. The van der Waals surface area contributed by atoms with E-state index in [0.717, 1.165) is 0 Å². The predicted molar refractivity (Wildman–Crippen MR) is 112 cm³/mol. The van der Waals surface area contributed by atoms with Gasteiger partial charge >= 0.3 is 0 Å². The van der Waals surface area contributed by atoms with Crippen LogP contribution in [0.2, 0.25) is 0 Å². The van der Waals surface area contributed by atoms with E-state index in [9.17, 15) is 4.79 Å². The lowest BCUT2D eigenvalue weighted by Crippen LogP contribution is -2.24. The molecule has 0 fully saturated rings. The second kappa shape index (κ2) is 10.6. The molecule has 0 atom stereocenters. The Morgan fingerprint density at radius 2 is 2.24 bits per heavy atom. The second-order valence-corrected chi connectivity index (χ2v) is 5.75. The van der Waals surface area contributed by atoms with Gasteiger partial charge in [0.25, 0.3) is 5.56 Å². The van der Waals surface area contributed by atoms with Crippen molar-refractivity contribution in [3.63, 3.8) is 0 Å². The van der Waals surface area contributed by atoms with Crippen LogP contribution in [0.5, 0.6) is 0 Å². The monoisotopic (exact) mass is 420 g/mol. The number of rotatable bonds is 6. The molecule has 29 heavy (non-hydrogen) atoms. The number of aromatic nitrogens is 5. The van der Waals surface area contributed by atoms with Gasteiger partial charge in [-0.15, -0.1) is 0 Å². The summed E-state index contributed by atoms with van der Waals surface area (Å²) in [6.07, 6.45) is 4.51. The van der Waals surface area contributed by atoms with E-state index < -0.39 is 0 Å². The minimum Gasteiger partial charge on any atom is -0.397 e. The normalized spacial score (nSPS) is 10.7. The first-order valence-electron chi connectivity index (χ1n) is 8.10. The maximum atomic E-state index is 11.4. The van der Waals surface area contributed by atoms with Gasteiger partial charge in [-0.3, -0.25) is 24.8 Å². The van der Waals surface area contributed by atoms with E-state index in [1.54, 1.807) is 18.3 Å². The highest BCUT2D eigenvalue weighted by atomic mass is 32.1. The Kier molecular flexibility index (Phi) is 7.96. The molecular weight excluding hydrogens is 400 g/mol. The first kappa shape index (κ1) is 21.7. The molecule has 3 rings (SSSR count). The summed E-state index contributed by atoms with van der Waals surface area (Å²) < 4.78 is 6.63. The van der Waals surface area contributed by atoms with Crippen LogP contribution in [0.15, 0.2) is 34.6 Å². The molecule has 0 aromatic carbocycles. The van der Waals surface area contributed by atoms with Crippen LogP contribution in [0, 0.1) is 0 Å². The van der Waals surface area contributed by atoms with Gasteiger partial charge in [-0.05, 0) is 24.4 Å². The van der Waals surface area contributed by atoms with Crippen molar-refractivity contribution >= 4 is 46.3 Å². The predicted octanol–water partition coefficient (Wildman–Crippen LogP) is -1.50. The number of aromatic amines is 1. The number of thiocarbonyl (C=S) groups is 1. The Hall–Kier alpha value is -3.62. The summed E-state index contributed by atoms with van der Waals surface area (Å²) in [4.78, 5) is 25.6. The fourth-order valence-electron chi connectivity index (χ4n) is 1.99. The van der Waals surface area contributed by atoms with Crippen molar-refractivity contribution in [1.82, 2.24) is 29.9 Å². The van der Waals surface area contributed by atoms with Gasteiger partial charge < -0.3 is 27.0 Å². The molecule has 0 saturated heterocycles. The number of imidazole rings is 1. The highest BCUT2D eigenvalue weighted by Gasteiger charge is 2.08. The van der Waals surface area contributed by atoms with Crippen LogP contribution < -0.4 is 28.2 Å². The lowest BCUT2D eigenvalue weighted by atomic mass is 10.3. The number of H-pyrrole nitrogens is 1. The molecular formula is C15H20N10O3S. The molecule has 0 aliphatic rings. The average molecular weight is 420 g/mol. The smallest absolute Gasteiger partial charge is 0.280 e. The van der Waals surface area contributed by atoms with E-state index in [1.807, 2.05) is 0 Å². The summed E-state index contributed by atoms with van der Waals surface area (Å²) >= 11 is 4.55. The molecule has 154 valence electrons. The van der Waals surface area contributed by atoms with Crippen molar-refractivity contribution in [2.75, 3.05) is 24.7 Å². The van der Waals surface area contributed by atoms with Gasteiger partial charge in [0.2, 0.25) is 5.95 Å². The number of hydrogen-bond donors (Lipinski definition) is 6. The lowest BCUT2D eigenvalue weighted by Gasteiger charge is -2.03. The summed E-state index contributed by atoms with van der Waals surface area (Å²) in [7, 11) is 0. The van der Waals surface area contributed by atoms with Gasteiger partial charge in [-0.2, -0.15) is 10.1 Å². The third-order valence-corrected chi connectivity index (χ3v) is 3.28. The van der Waals surface area contributed by atoms with Gasteiger partial charge in [0, 0.05) is 6.20 Å². The summed E-state index contributed by atoms with van der Waals surface area (Å²) in [5, 5.41) is 12.4. The Morgan fingerprint density at radius 3 is 2.93 bits per heavy atom. The number of hydrazone groups is 1. The lowest BCUT2D eigenvalue weighted by molar-refractivity contribution is 0.0499. The minimum atomic E-state index is -0.386. The van der Waals surface area contributed by atoms with Crippen molar-refractivity contribution in [2.45, 2.75) is 6.73 Å². The van der Waals surface area contributed by atoms with Crippen LogP contribution in [0.4, 0.5) is 11.6 Å². The molecule has 0 spiro atoms. The zero-order valence-electron chi connectivity index (χ0n) is 15.1. The van der Waals surface area contributed by atoms with Gasteiger partial charge in [0.15, 0.2) is 16.3 Å². The molecule has 0 aliphatic heterocycles. The fourth-order valence-corrected chi connectivity index (χ4v) is 2.04. The molecule has 0 aliphatic carbocycles. The molecule has 9 N–H and O–H groups in total. The van der Waals surface area contributed by atoms with Crippen LogP contribution in [-0.2, 0) is 11.5 Å². The van der Waals surface area contributed by atoms with Gasteiger partial charge in [-0.1, -0.05) is 0 Å². The summed E-state index contributed by atoms with van der Waals surface area (Å²) in [5.41, 5.74) is 19.9. The standard InChI is InChI=1S/C8H11N5O3.C7H9N5S/c9-8-11-6-5(7(15)12-8)10-3-13(6)4-16-2-1-14;8-5-2-1-3-10-6(5)4-11-12-7(9)13/h3,14H,1-2,4H2,(H3,9,11,12,15);1-4H,8H2,(H3,9,12,13)/b;11-4+. The molecule has 0 radical (unpaired) electrons. The summed E-state index contributed by atoms with van der Waals surface area (Å²) in [6, 6.07) is 3.47. The number of nitrogen functional groups attached to an aromatic ring is 2. The Labute approximate surface area is 169 Å². The molecule has 0 amide bonds. The van der Waals surface area contributed by atoms with Crippen molar-refractivity contribution < 1.29 is 9.84 Å². The number of pyridine rings is 1. The highest BCUT2D eigenvalue weighted by molar-refractivity contribution is 7.80. The minimum absolute atomic E-state index is 0.0291. The number of nitrogens with two attached hydrogens (primary N) is 3. The SMILES string of the molecule is NC(=S)N/N=C/c1ncccc1N.Nc1nc2c(ncn2COCCO)c(=O)[nH]1. The van der Waals surface area contributed by atoms with Crippen LogP contribution in [-0.4, -0.2) is 54.2 Å². The average Bonchev–Trinajstić information content (AvgIpc) is 3.07. The number of nitrogens with one attached hydrogen (secondary N) is 2. The van der Waals surface area contributed by atoms with E-state index >= 15 is 0 Å². The second-order valence-electron chi connectivity index (χ2n) is 5.31. The van der Waals surface area contributed by atoms with Crippen molar-refractivity contribution in [3.8, 4) is 0 Å². The number of aliphatic hydroxyl groups excluding tert-OH is 1. The Morgan fingerprint density at radius 1 is 1.45 bits per heavy atom. The van der Waals surface area contributed by atoms with Gasteiger partial charge in [-0.25, -0.2) is 4.98 Å². The van der Waals surface area contributed by atoms with E-state index in [2.05, 4.69) is 42.7 Å². The summed E-state index contributed by atoms with van der Waals surface area (Å²) in [6.45, 7) is 0.300. The largest absolute Gasteiger partial charge is 0.397 e. The molecule has 3 aromatic heterocycles. The van der Waals surface area contributed by atoms with Gasteiger partial charge in [0.1, 0.15) is 12.4 Å². The van der Waals surface area contributed by atoms with Crippen molar-refractivity contribution in [2.24, 2.45) is 10.8 Å². The van der Waals surface area contributed by atoms with Crippen LogP contribution in [0.3, 0.4) is 0 Å². The topological polar surface area (TPSA) is 208 Å². The zero-order chi connectivity index (χ0) is 21.2.